The van der Waals surface area contributed by atoms with E-state index in [0.29, 0.717) is 10.9 Å². The Balaban J connectivity index is 2.89. The van der Waals surface area contributed by atoms with Gasteiger partial charge >= 0.3 is 5.63 Å². The van der Waals surface area contributed by atoms with Gasteiger partial charge in [-0.15, -0.1) is 0 Å². The topological polar surface area (TPSA) is 30.2 Å². The van der Waals surface area contributed by atoms with Crippen LogP contribution in [0.4, 0.5) is 0 Å². The van der Waals surface area contributed by atoms with Crippen LogP contribution in [0.15, 0.2) is 39.5 Å². The number of hydrogen-bond acceptors (Lipinski definition) is 2. The third-order valence-corrected chi connectivity index (χ3v) is 2.48. The Morgan fingerprint density at radius 1 is 1.31 bits per heavy atom. The van der Waals surface area contributed by atoms with Gasteiger partial charge in [-0.3, -0.25) is 0 Å². The SMILES string of the molecule is O=c1cc(CBr)c2ccccc2o1. The van der Waals surface area contributed by atoms with Gasteiger partial charge in [0.1, 0.15) is 5.58 Å². The van der Waals surface area contributed by atoms with Crippen molar-refractivity contribution >= 4 is 26.9 Å². The molecule has 0 unspecified atom stereocenters. The van der Waals surface area contributed by atoms with Gasteiger partial charge in [-0.25, -0.2) is 4.79 Å². The summed E-state index contributed by atoms with van der Waals surface area (Å²) in [7, 11) is 0. The van der Waals surface area contributed by atoms with Crippen molar-refractivity contribution in [2.75, 3.05) is 0 Å². The molecule has 3 heteroatoms. The molecule has 0 amide bonds. The van der Waals surface area contributed by atoms with Crippen LogP contribution in [0, 0.1) is 0 Å². The van der Waals surface area contributed by atoms with Crippen LogP contribution >= 0.6 is 15.9 Å². The first-order chi connectivity index (χ1) is 6.31. The number of rotatable bonds is 1. The normalized spacial score (nSPS) is 10.5. The summed E-state index contributed by atoms with van der Waals surface area (Å²) >= 11 is 3.33. The highest BCUT2D eigenvalue weighted by molar-refractivity contribution is 9.08. The number of benzene rings is 1. The lowest BCUT2D eigenvalue weighted by Crippen LogP contribution is -1.98. The number of para-hydroxylation sites is 1. The number of alkyl halides is 1. The Morgan fingerprint density at radius 3 is 2.85 bits per heavy atom. The second-order valence-electron chi connectivity index (χ2n) is 2.72. The van der Waals surface area contributed by atoms with Crippen LogP contribution in [-0.2, 0) is 5.33 Å². The Bertz CT molecular complexity index is 487. The summed E-state index contributed by atoms with van der Waals surface area (Å²) in [4.78, 5) is 11.1. The fourth-order valence-corrected chi connectivity index (χ4v) is 1.75. The highest BCUT2D eigenvalue weighted by atomic mass is 79.9. The summed E-state index contributed by atoms with van der Waals surface area (Å²) in [6.45, 7) is 0. The summed E-state index contributed by atoms with van der Waals surface area (Å²) < 4.78 is 5.03. The fraction of sp³-hybridized carbons (Fsp3) is 0.100. The molecule has 1 heterocycles. The highest BCUT2D eigenvalue weighted by Crippen LogP contribution is 2.18. The summed E-state index contributed by atoms with van der Waals surface area (Å²) in [5.74, 6) is 0. The molecule has 2 aromatic rings. The van der Waals surface area contributed by atoms with E-state index in [2.05, 4.69) is 15.9 Å². The molecule has 0 atom stereocenters. The lowest BCUT2D eigenvalue weighted by molar-refractivity contribution is 0.560. The van der Waals surface area contributed by atoms with Crippen molar-refractivity contribution in [1.82, 2.24) is 0 Å². The first-order valence-corrected chi connectivity index (χ1v) is 5.01. The molecule has 0 saturated heterocycles. The predicted octanol–water partition coefficient (Wildman–Crippen LogP) is 2.69. The second kappa shape index (κ2) is 3.34. The predicted molar refractivity (Wildman–Crippen MR) is 55.1 cm³/mol. The fourth-order valence-electron chi connectivity index (χ4n) is 1.29. The quantitative estimate of drug-likeness (QED) is 0.565. The van der Waals surface area contributed by atoms with Crippen molar-refractivity contribution in [3.8, 4) is 0 Å². The van der Waals surface area contributed by atoms with E-state index in [-0.39, 0.29) is 5.63 Å². The van der Waals surface area contributed by atoms with Gasteiger partial charge in [0.15, 0.2) is 0 Å². The van der Waals surface area contributed by atoms with Crippen molar-refractivity contribution in [2.45, 2.75) is 5.33 Å². The molecule has 2 nitrogen and oxygen atoms in total. The third kappa shape index (κ3) is 1.52. The summed E-state index contributed by atoms with van der Waals surface area (Å²) in [6, 6.07) is 9.02. The largest absolute Gasteiger partial charge is 0.423 e. The van der Waals surface area contributed by atoms with Gasteiger partial charge in [0.25, 0.3) is 0 Å². The van der Waals surface area contributed by atoms with Crippen LogP contribution in [0.3, 0.4) is 0 Å². The zero-order valence-corrected chi connectivity index (χ0v) is 8.37. The maximum absolute atomic E-state index is 11.1. The molecule has 0 aliphatic carbocycles. The van der Waals surface area contributed by atoms with Gasteiger partial charge in [-0.05, 0) is 11.6 Å². The van der Waals surface area contributed by atoms with E-state index < -0.39 is 0 Å². The molecule has 0 aliphatic heterocycles. The summed E-state index contributed by atoms with van der Waals surface area (Å²) in [5.41, 5.74) is 1.31. The van der Waals surface area contributed by atoms with E-state index in [1.165, 1.54) is 6.07 Å². The zero-order chi connectivity index (χ0) is 9.26. The minimum absolute atomic E-state index is 0.298. The Labute approximate surface area is 83.3 Å². The van der Waals surface area contributed by atoms with Crippen LogP contribution in [0.5, 0.6) is 0 Å². The van der Waals surface area contributed by atoms with Gasteiger partial charge in [-0.1, -0.05) is 34.1 Å². The maximum atomic E-state index is 11.1. The van der Waals surface area contributed by atoms with Crippen molar-refractivity contribution in [3.05, 3.63) is 46.3 Å². The molecule has 0 radical (unpaired) electrons. The molecule has 0 N–H and O–H groups in total. The molecule has 0 saturated carbocycles. The zero-order valence-electron chi connectivity index (χ0n) is 6.79. The summed E-state index contributed by atoms with van der Waals surface area (Å²) in [6.07, 6.45) is 0. The smallest absolute Gasteiger partial charge is 0.336 e. The standard InChI is InChI=1S/C10H7BrO2/c11-6-7-5-10(12)13-9-4-2-1-3-8(7)9/h1-5H,6H2. The number of halogens is 1. The Kier molecular flexibility index (Phi) is 2.19. The van der Waals surface area contributed by atoms with Crippen LogP contribution in [0.25, 0.3) is 11.0 Å². The maximum Gasteiger partial charge on any atom is 0.336 e. The van der Waals surface area contributed by atoms with Crippen molar-refractivity contribution < 1.29 is 4.42 Å². The van der Waals surface area contributed by atoms with E-state index in [1.807, 2.05) is 18.2 Å². The molecule has 0 spiro atoms. The highest BCUT2D eigenvalue weighted by Gasteiger charge is 2.02. The first-order valence-electron chi connectivity index (χ1n) is 3.89. The molecule has 1 aromatic carbocycles. The average Bonchev–Trinajstić information content (AvgIpc) is 2.16. The molecular weight excluding hydrogens is 232 g/mol. The van der Waals surface area contributed by atoms with Crippen LogP contribution in [0.2, 0.25) is 0 Å². The minimum atomic E-state index is -0.298. The van der Waals surface area contributed by atoms with E-state index in [0.717, 1.165) is 10.9 Å². The van der Waals surface area contributed by atoms with E-state index in [1.54, 1.807) is 6.07 Å². The van der Waals surface area contributed by atoms with Crippen LogP contribution in [-0.4, -0.2) is 0 Å². The molecule has 0 fully saturated rings. The van der Waals surface area contributed by atoms with E-state index >= 15 is 0 Å². The second-order valence-corrected chi connectivity index (χ2v) is 3.28. The number of hydrogen-bond donors (Lipinski definition) is 0. The molecule has 1 aromatic heterocycles. The monoisotopic (exact) mass is 238 g/mol. The average molecular weight is 239 g/mol. The third-order valence-electron chi connectivity index (χ3n) is 1.88. The molecular formula is C10H7BrO2. The number of fused-ring (bicyclic) bond motifs is 1. The van der Waals surface area contributed by atoms with Gasteiger partial charge < -0.3 is 4.42 Å². The Morgan fingerprint density at radius 2 is 2.08 bits per heavy atom. The van der Waals surface area contributed by atoms with Crippen molar-refractivity contribution in [1.29, 1.82) is 0 Å². The molecule has 66 valence electrons. The van der Waals surface area contributed by atoms with Crippen molar-refractivity contribution in [2.24, 2.45) is 0 Å². The summed E-state index contributed by atoms with van der Waals surface area (Å²) in [5, 5.41) is 1.65. The lowest BCUT2D eigenvalue weighted by Gasteiger charge is -1.99. The molecule has 13 heavy (non-hydrogen) atoms. The Hall–Kier alpha value is -1.09. The van der Waals surface area contributed by atoms with Crippen LogP contribution in [0.1, 0.15) is 5.56 Å². The van der Waals surface area contributed by atoms with E-state index in [4.69, 9.17) is 4.42 Å². The van der Waals surface area contributed by atoms with E-state index in [9.17, 15) is 4.79 Å². The van der Waals surface area contributed by atoms with Gasteiger partial charge in [0.05, 0.1) is 0 Å². The van der Waals surface area contributed by atoms with Gasteiger partial charge in [-0.2, -0.15) is 0 Å². The van der Waals surface area contributed by atoms with Gasteiger partial charge in [0.2, 0.25) is 0 Å². The lowest BCUT2D eigenvalue weighted by atomic mass is 10.1. The first kappa shape index (κ1) is 8.51. The molecule has 0 aliphatic rings. The van der Waals surface area contributed by atoms with Gasteiger partial charge in [0, 0.05) is 16.8 Å². The minimum Gasteiger partial charge on any atom is -0.423 e. The molecule has 0 bridgehead atoms. The molecule has 2 rings (SSSR count). The van der Waals surface area contributed by atoms with Crippen molar-refractivity contribution in [3.63, 3.8) is 0 Å². The van der Waals surface area contributed by atoms with Crippen LogP contribution < -0.4 is 5.63 Å².